The van der Waals surface area contributed by atoms with E-state index in [1.807, 2.05) is 0 Å². The van der Waals surface area contributed by atoms with E-state index in [2.05, 4.69) is 4.98 Å². The third kappa shape index (κ3) is 1.75. The molecule has 0 saturated heterocycles. The Kier molecular flexibility index (Phi) is 2.75. The van der Waals surface area contributed by atoms with Crippen LogP contribution in [0.3, 0.4) is 0 Å². The fraction of sp³-hybridized carbons (Fsp3) is 0.100. The lowest BCUT2D eigenvalue weighted by atomic mass is 10.1. The number of aliphatic hydroxyl groups excluding tert-OH is 1. The van der Waals surface area contributed by atoms with Gasteiger partial charge in [-0.05, 0) is 6.07 Å². The lowest BCUT2D eigenvalue weighted by Crippen LogP contribution is -1.91. The summed E-state index contributed by atoms with van der Waals surface area (Å²) in [5.74, 6) is -1.80. The van der Waals surface area contributed by atoms with E-state index in [0.717, 1.165) is 6.07 Å². The van der Waals surface area contributed by atoms with Crippen LogP contribution in [-0.2, 0) is 6.61 Å². The van der Waals surface area contributed by atoms with Gasteiger partial charge in [0.15, 0.2) is 11.6 Å². The molecule has 2 rings (SSSR count). The van der Waals surface area contributed by atoms with Gasteiger partial charge in [-0.2, -0.15) is 0 Å². The molecule has 0 bridgehead atoms. The maximum Gasteiger partial charge on any atom is 0.167 e. The summed E-state index contributed by atoms with van der Waals surface area (Å²) in [6.45, 7) is -0.283. The van der Waals surface area contributed by atoms with E-state index in [9.17, 15) is 8.78 Å². The Balaban J connectivity index is 2.59. The van der Waals surface area contributed by atoms with Crippen LogP contribution < -0.4 is 0 Å². The monoisotopic (exact) mass is 227 g/mol. The minimum Gasteiger partial charge on any atom is -0.390 e. The second-order valence-corrected chi connectivity index (χ2v) is 3.74. The number of benzene rings is 1. The second-order valence-electron chi connectivity index (χ2n) is 2.89. The van der Waals surface area contributed by atoms with Crippen LogP contribution in [0, 0.1) is 11.6 Å². The van der Waals surface area contributed by atoms with Gasteiger partial charge in [0.05, 0.1) is 22.7 Å². The van der Waals surface area contributed by atoms with E-state index < -0.39 is 11.6 Å². The highest BCUT2D eigenvalue weighted by Crippen LogP contribution is 2.30. The molecule has 0 amide bonds. The van der Waals surface area contributed by atoms with Crippen molar-refractivity contribution >= 4 is 11.3 Å². The molecule has 2 aromatic rings. The zero-order valence-electron chi connectivity index (χ0n) is 7.58. The molecular weight excluding hydrogens is 220 g/mol. The first-order valence-corrected chi connectivity index (χ1v) is 5.09. The molecule has 0 atom stereocenters. The van der Waals surface area contributed by atoms with Gasteiger partial charge in [0.2, 0.25) is 0 Å². The second kappa shape index (κ2) is 4.04. The lowest BCUT2D eigenvalue weighted by Gasteiger charge is -2.02. The molecule has 0 spiro atoms. The van der Waals surface area contributed by atoms with Crippen LogP contribution in [0.2, 0.25) is 0 Å². The van der Waals surface area contributed by atoms with Gasteiger partial charge in [-0.25, -0.2) is 13.8 Å². The first-order valence-electron chi connectivity index (χ1n) is 4.21. The first kappa shape index (κ1) is 10.2. The maximum atomic E-state index is 13.4. The standard InChI is InChI=1S/C10H7F2NOS/c11-7-3-1-2-6(9(7)12)10-8(4-14)13-5-15-10/h1-3,5,14H,4H2. The van der Waals surface area contributed by atoms with E-state index in [0.29, 0.717) is 10.6 Å². The minimum atomic E-state index is -0.906. The van der Waals surface area contributed by atoms with Crippen LogP contribution in [-0.4, -0.2) is 10.1 Å². The quantitative estimate of drug-likeness (QED) is 0.855. The van der Waals surface area contributed by atoms with Crippen LogP contribution >= 0.6 is 11.3 Å². The highest BCUT2D eigenvalue weighted by Gasteiger charge is 2.14. The largest absolute Gasteiger partial charge is 0.390 e. The Morgan fingerprint density at radius 2 is 2.13 bits per heavy atom. The van der Waals surface area contributed by atoms with Gasteiger partial charge < -0.3 is 5.11 Å². The molecule has 0 aliphatic carbocycles. The zero-order valence-corrected chi connectivity index (χ0v) is 8.39. The van der Waals surface area contributed by atoms with Gasteiger partial charge in [-0.3, -0.25) is 0 Å². The SMILES string of the molecule is OCc1ncsc1-c1cccc(F)c1F. The first-order chi connectivity index (χ1) is 7.24. The highest BCUT2D eigenvalue weighted by molar-refractivity contribution is 7.13. The van der Waals surface area contributed by atoms with Crippen LogP contribution in [0.25, 0.3) is 10.4 Å². The number of aliphatic hydroxyl groups is 1. The van der Waals surface area contributed by atoms with E-state index >= 15 is 0 Å². The van der Waals surface area contributed by atoms with Crippen molar-refractivity contribution in [2.24, 2.45) is 0 Å². The maximum absolute atomic E-state index is 13.4. The molecule has 5 heteroatoms. The topological polar surface area (TPSA) is 33.1 Å². The lowest BCUT2D eigenvalue weighted by molar-refractivity contribution is 0.278. The Morgan fingerprint density at radius 3 is 2.87 bits per heavy atom. The number of thiazole rings is 1. The molecular formula is C10H7F2NOS. The normalized spacial score (nSPS) is 10.6. The van der Waals surface area contributed by atoms with Crippen molar-refractivity contribution in [2.75, 3.05) is 0 Å². The number of halogens is 2. The molecule has 0 saturated carbocycles. The van der Waals surface area contributed by atoms with E-state index in [1.165, 1.54) is 29.0 Å². The Morgan fingerprint density at radius 1 is 1.33 bits per heavy atom. The number of hydrogen-bond acceptors (Lipinski definition) is 3. The van der Waals surface area contributed by atoms with Gasteiger partial charge in [-0.1, -0.05) is 12.1 Å². The zero-order chi connectivity index (χ0) is 10.8. The average molecular weight is 227 g/mol. The molecule has 1 aromatic heterocycles. The Bertz CT molecular complexity index is 484. The van der Waals surface area contributed by atoms with Crippen molar-refractivity contribution in [3.05, 3.63) is 41.0 Å². The van der Waals surface area contributed by atoms with Crippen molar-refractivity contribution in [3.63, 3.8) is 0 Å². The number of hydrogen-bond donors (Lipinski definition) is 1. The summed E-state index contributed by atoms with van der Waals surface area (Å²) in [4.78, 5) is 4.33. The predicted octanol–water partition coefficient (Wildman–Crippen LogP) is 2.58. The fourth-order valence-corrected chi connectivity index (χ4v) is 2.10. The summed E-state index contributed by atoms with van der Waals surface area (Å²) in [6, 6.07) is 3.94. The molecule has 1 heterocycles. The van der Waals surface area contributed by atoms with Crippen molar-refractivity contribution in [3.8, 4) is 10.4 Å². The molecule has 1 N–H and O–H groups in total. The van der Waals surface area contributed by atoms with Crippen LogP contribution in [0.1, 0.15) is 5.69 Å². The highest BCUT2D eigenvalue weighted by atomic mass is 32.1. The van der Waals surface area contributed by atoms with Crippen LogP contribution in [0.15, 0.2) is 23.7 Å². The van der Waals surface area contributed by atoms with Gasteiger partial charge in [0.25, 0.3) is 0 Å². The minimum absolute atomic E-state index is 0.140. The summed E-state index contributed by atoms with van der Waals surface area (Å²) < 4.78 is 26.4. The third-order valence-corrected chi connectivity index (χ3v) is 2.89. The molecule has 15 heavy (non-hydrogen) atoms. The number of aromatic nitrogens is 1. The predicted molar refractivity (Wildman–Crippen MR) is 53.4 cm³/mol. The number of nitrogens with zero attached hydrogens (tertiary/aromatic N) is 1. The van der Waals surface area contributed by atoms with Crippen molar-refractivity contribution in [1.82, 2.24) is 4.98 Å². The Labute approximate surface area is 88.8 Å². The van der Waals surface area contributed by atoms with Crippen molar-refractivity contribution < 1.29 is 13.9 Å². The Hall–Kier alpha value is -1.33. The van der Waals surface area contributed by atoms with Gasteiger partial charge >= 0.3 is 0 Å². The number of rotatable bonds is 2. The molecule has 0 aliphatic heterocycles. The van der Waals surface area contributed by atoms with Crippen LogP contribution in [0.4, 0.5) is 8.78 Å². The van der Waals surface area contributed by atoms with E-state index in [4.69, 9.17) is 5.11 Å². The van der Waals surface area contributed by atoms with Gasteiger partial charge in [0, 0.05) is 5.56 Å². The van der Waals surface area contributed by atoms with Crippen LogP contribution in [0.5, 0.6) is 0 Å². The summed E-state index contributed by atoms with van der Waals surface area (Å²) in [5, 5.41) is 8.96. The van der Waals surface area contributed by atoms with E-state index in [1.54, 1.807) is 0 Å². The van der Waals surface area contributed by atoms with Gasteiger partial charge in [-0.15, -0.1) is 11.3 Å². The summed E-state index contributed by atoms with van der Waals surface area (Å²) >= 11 is 1.17. The summed E-state index contributed by atoms with van der Waals surface area (Å²) in [5.41, 5.74) is 2.00. The molecule has 0 unspecified atom stereocenters. The molecule has 0 fully saturated rings. The summed E-state index contributed by atoms with van der Waals surface area (Å²) in [6.07, 6.45) is 0. The van der Waals surface area contributed by atoms with Gasteiger partial charge in [0.1, 0.15) is 0 Å². The van der Waals surface area contributed by atoms with Crippen molar-refractivity contribution in [2.45, 2.75) is 6.61 Å². The fourth-order valence-electron chi connectivity index (χ4n) is 1.28. The molecule has 78 valence electrons. The summed E-state index contributed by atoms with van der Waals surface area (Å²) in [7, 11) is 0. The molecule has 1 aromatic carbocycles. The third-order valence-electron chi connectivity index (χ3n) is 1.99. The molecule has 0 aliphatic rings. The molecule has 2 nitrogen and oxygen atoms in total. The average Bonchev–Trinajstić information content (AvgIpc) is 2.70. The smallest absolute Gasteiger partial charge is 0.167 e. The van der Waals surface area contributed by atoms with E-state index in [-0.39, 0.29) is 12.2 Å². The molecule has 0 radical (unpaired) electrons. The van der Waals surface area contributed by atoms with Crippen molar-refractivity contribution in [1.29, 1.82) is 0 Å².